The van der Waals surface area contributed by atoms with Crippen LogP contribution >= 0.6 is 0 Å². The van der Waals surface area contributed by atoms with Gasteiger partial charge in [-0.2, -0.15) is 5.10 Å². The molecule has 0 atom stereocenters. The van der Waals surface area contributed by atoms with Crippen LogP contribution in [0.5, 0.6) is 0 Å². The van der Waals surface area contributed by atoms with E-state index in [2.05, 4.69) is 15.3 Å². The Kier molecular flexibility index (Phi) is 5.13. The highest BCUT2D eigenvalue weighted by molar-refractivity contribution is 6.65. The minimum Gasteiger partial charge on any atom is -0.464 e. The van der Waals surface area contributed by atoms with Gasteiger partial charge in [0.2, 0.25) is 5.71 Å². The van der Waals surface area contributed by atoms with Crippen molar-refractivity contribution < 1.29 is 19.1 Å². The number of carbonyl (C=O) groups is 3. The van der Waals surface area contributed by atoms with Crippen LogP contribution in [-0.4, -0.2) is 37.4 Å². The van der Waals surface area contributed by atoms with Gasteiger partial charge in [0.15, 0.2) is 5.78 Å². The molecular weight excluding hydrogens is 188 g/mol. The summed E-state index contributed by atoms with van der Waals surface area (Å²) in [5.41, 5.74) is 1.89. The van der Waals surface area contributed by atoms with Gasteiger partial charge in [-0.3, -0.25) is 9.59 Å². The maximum absolute atomic E-state index is 11.3. The molecule has 1 N–H and O–H groups in total. The normalized spacial score (nSPS) is 10.6. The smallest absolute Gasteiger partial charge is 0.362 e. The number of esters is 1. The Morgan fingerprint density at radius 1 is 1.36 bits per heavy atom. The third-order valence-electron chi connectivity index (χ3n) is 1.28. The Labute approximate surface area is 81.3 Å². The predicted molar refractivity (Wildman–Crippen MR) is 48.8 cm³/mol. The molecule has 0 fully saturated rings. The number of nitrogens with one attached hydrogen (secondary N) is 1. The van der Waals surface area contributed by atoms with Gasteiger partial charge in [-0.15, -0.1) is 0 Å². The number of hydrogen-bond acceptors (Lipinski definition) is 6. The molecule has 0 radical (unpaired) electrons. The number of carbonyl (C=O) groups excluding carboxylic acids is 3. The fourth-order valence-corrected chi connectivity index (χ4v) is 0.740. The highest BCUT2D eigenvalue weighted by Crippen LogP contribution is 1.92. The van der Waals surface area contributed by atoms with Crippen LogP contribution in [-0.2, 0) is 19.1 Å². The molecule has 0 aliphatic rings. The average molecular weight is 200 g/mol. The van der Waals surface area contributed by atoms with E-state index in [4.69, 9.17) is 0 Å². The number of ketones is 2. The second kappa shape index (κ2) is 5.85. The zero-order valence-corrected chi connectivity index (χ0v) is 8.29. The Morgan fingerprint density at radius 3 is 2.29 bits per heavy atom. The fraction of sp³-hybridized carbons (Fsp3) is 0.500. The van der Waals surface area contributed by atoms with Gasteiger partial charge < -0.3 is 10.2 Å². The van der Waals surface area contributed by atoms with E-state index in [1.165, 1.54) is 14.0 Å². The van der Waals surface area contributed by atoms with Gasteiger partial charge in [0.25, 0.3) is 0 Å². The van der Waals surface area contributed by atoms with E-state index >= 15 is 0 Å². The van der Waals surface area contributed by atoms with E-state index in [1.54, 1.807) is 0 Å². The van der Waals surface area contributed by atoms with Gasteiger partial charge in [0.1, 0.15) is 5.78 Å². The summed E-state index contributed by atoms with van der Waals surface area (Å²) >= 11 is 0. The average Bonchev–Trinajstić information content (AvgIpc) is 2.11. The number of hydrazone groups is 1. The van der Waals surface area contributed by atoms with Gasteiger partial charge in [0, 0.05) is 7.05 Å². The van der Waals surface area contributed by atoms with E-state index in [0.717, 1.165) is 7.11 Å². The van der Waals surface area contributed by atoms with Crippen LogP contribution in [0.15, 0.2) is 5.10 Å². The number of nitrogens with zero attached hydrogens (tertiary/aromatic N) is 1. The van der Waals surface area contributed by atoms with E-state index in [9.17, 15) is 14.4 Å². The van der Waals surface area contributed by atoms with Crippen molar-refractivity contribution in [3.05, 3.63) is 0 Å². The van der Waals surface area contributed by atoms with Crippen LogP contribution in [0, 0.1) is 0 Å². The molecule has 0 rings (SSSR count). The van der Waals surface area contributed by atoms with Crippen LogP contribution in [0.25, 0.3) is 0 Å². The molecule has 0 saturated heterocycles. The topological polar surface area (TPSA) is 84.8 Å². The van der Waals surface area contributed by atoms with E-state index in [-0.39, 0.29) is 12.2 Å². The summed E-state index contributed by atoms with van der Waals surface area (Å²) in [7, 11) is 2.57. The van der Waals surface area contributed by atoms with Crippen LogP contribution in [0.4, 0.5) is 0 Å². The van der Waals surface area contributed by atoms with Crippen molar-refractivity contribution in [2.24, 2.45) is 5.10 Å². The summed E-state index contributed by atoms with van der Waals surface area (Å²) in [4.78, 5) is 32.9. The summed E-state index contributed by atoms with van der Waals surface area (Å²) in [5, 5.41) is 3.44. The maximum Gasteiger partial charge on any atom is 0.362 e. The highest BCUT2D eigenvalue weighted by Gasteiger charge is 2.22. The van der Waals surface area contributed by atoms with Gasteiger partial charge in [-0.25, -0.2) is 4.79 Å². The van der Waals surface area contributed by atoms with E-state index in [0.29, 0.717) is 0 Å². The molecular formula is C8H12N2O4. The van der Waals surface area contributed by atoms with Gasteiger partial charge in [0.05, 0.1) is 13.5 Å². The molecule has 6 nitrogen and oxygen atoms in total. The molecule has 0 heterocycles. The summed E-state index contributed by atoms with van der Waals surface area (Å²) in [6.07, 6.45) is -0.352. The molecule has 0 bridgehead atoms. The van der Waals surface area contributed by atoms with Gasteiger partial charge in [-0.1, -0.05) is 0 Å². The van der Waals surface area contributed by atoms with Crippen molar-refractivity contribution in [2.75, 3.05) is 14.2 Å². The van der Waals surface area contributed by atoms with Gasteiger partial charge in [-0.05, 0) is 6.92 Å². The molecule has 0 aromatic rings. The Balaban J connectivity index is 4.67. The van der Waals surface area contributed by atoms with Crippen molar-refractivity contribution in [3.8, 4) is 0 Å². The number of rotatable bonds is 5. The van der Waals surface area contributed by atoms with Crippen LogP contribution in [0.1, 0.15) is 13.3 Å². The molecule has 78 valence electrons. The third-order valence-corrected chi connectivity index (χ3v) is 1.28. The minimum absolute atomic E-state index is 0.331. The molecule has 0 aliphatic carbocycles. The van der Waals surface area contributed by atoms with Crippen molar-refractivity contribution in [3.63, 3.8) is 0 Å². The minimum atomic E-state index is -0.856. The summed E-state index contributed by atoms with van der Waals surface area (Å²) in [6.45, 7) is 1.26. The first-order chi connectivity index (χ1) is 6.52. The number of methoxy groups -OCH3 is 1. The standard InChI is InChI=1S/C8H12N2O4/c1-5(11)4-6(12)7(10-9-2)8(13)14-3/h9H,4H2,1-3H3/b10-7+. The second-order valence-corrected chi connectivity index (χ2v) is 2.48. The van der Waals surface area contributed by atoms with Crippen molar-refractivity contribution in [1.82, 2.24) is 5.43 Å². The Morgan fingerprint density at radius 2 is 1.93 bits per heavy atom. The SMILES string of the molecule is CN/N=C(\C(=O)CC(C)=O)C(=O)OC. The predicted octanol–water partition coefficient (Wildman–Crippen LogP) is -0.717. The summed E-state index contributed by atoms with van der Waals surface area (Å²) in [5.74, 6) is -1.84. The van der Waals surface area contributed by atoms with E-state index < -0.39 is 17.5 Å². The zero-order chi connectivity index (χ0) is 11.1. The quantitative estimate of drug-likeness (QED) is 0.274. The van der Waals surface area contributed by atoms with Crippen molar-refractivity contribution in [2.45, 2.75) is 13.3 Å². The first-order valence-electron chi connectivity index (χ1n) is 3.88. The van der Waals surface area contributed by atoms with Crippen LogP contribution in [0.3, 0.4) is 0 Å². The third kappa shape index (κ3) is 3.79. The van der Waals surface area contributed by atoms with Gasteiger partial charge >= 0.3 is 5.97 Å². The molecule has 14 heavy (non-hydrogen) atoms. The lowest BCUT2D eigenvalue weighted by Gasteiger charge is -2.01. The first kappa shape index (κ1) is 12.3. The summed E-state index contributed by atoms with van der Waals surface area (Å²) < 4.78 is 4.33. The largest absolute Gasteiger partial charge is 0.464 e. The molecule has 6 heteroatoms. The Bertz CT molecular complexity index is 283. The molecule has 0 spiro atoms. The monoisotopic (exact) mass is 200 g/mol. The second-order valence-electron chi connectivity index (χ2n) is 2.48. The Hall–Kier alpha value is -1.72. The van der Waals surface area contributed by atoms with E-state index in [1.807, 2.05) is 0 Å². The lowest BCUT2D eigenvalue weighted by atomic mass is 10.1. The van der Waals surface area contributed by atoms with Crippen molar-refractivity contribution >= 4 is 23.2 Å². The number of hydrogen-bond donors (Lipinski definition) is 1. The first-order valence-corrected chi connectivity index (χ1v) is 3.88. The maximum atomic E-state index is 11.3. The van der Waals surface area contributed by atoms with Crippen LogP contribution in [0.2, 0.25) is 0 Å². The fourth-order valence-electron chi connectivity index (χ4n) is 0.740. The molecule has 0 aromatic carbocycles. The van der Waals surface area contributed by atoms with Crippen molar-refractivity contribution in [1.29, 1.82) is 0 Å². The lowest BCUT2D eigenvalue weighted by molar-refractivity contribution is -0.133. The van der Waals surface area contributed by atoms with Crippen LogP contribution < -0.4 is 5.43 Å². The molecule has 0 aromatic heterocycles. The number of Topliss-reactive ketones (excluding diaryl/α,β-unsaturated/α-hetero) is 2. The molecule has 0 unspecified atom stereocenters. The highest BCUT2D eigenvalue weighted by atomic mass is 16.5. The molecule has 0 saturated carbocycles. The lowest BCUT2D eigenvalue weighted by Crippen LogP contribution is -2.28. The zero-order valence-electron chi connectivity index (χ0n) is 8.29. The number of ether oxygens (including phenoxy) is 1. The molecule has 0 aliphatic heterocycles. The molecule has 0 amide bonds. The summed E-state index contributed by atoms with van der Waals surface area (Å²) in [6, 6.07) is 0.